The number of nitriles is 1. The Morgan fingerprint density at radius 1 is 1.32 bits per heavy atom. The lowest BCUT2D eigenvalue weighted by atomic mass is 9.97. The Labute approximate surface area is 178 Å². The van der Waals surface area contributed by atoms with Gasteiger partial charge in [0.15, 0.2) is 0 Å². The molecule has 4 aromatic heterocycles. The summed E-state index contributed by atoms with van der Waals surface area (Å²) in [5.41, 5.74) is 3.86. The first-order chi connectivity index (χ1) is 15.3. The number of aromatic nitrogens is 6. The van der Waals surface area contributed by atoms with E-state index in [4.69, 9.17) is 4.74 Å². The highest BCUT2D eigenvalue weighted by atomic mass is 16.5. The summed E-state index contributed by atoms with van der Waals surface area (Å²) in [6, 6.07) is 6.50. The minimum absolute atomic E-state index is 0.0110. The third kappa shape index (κ3) is 2.94. The van der Waals surface area contributed by atoms with Gasteiger partial charge in [-0.1, -0.05) is 0 Å². The Balaban J connectivity index is 1.27. The van der Waals surface area contributed by atoms with Gasteiger partial charge in [-0.2, -0.15) is 10.4 Å². The molecule has 6 heterocycles. The Morgan fingerprint density at radius 2 is 2.29 bits per heavy atom. The molecule has 156 valence electrons. The molecule has 1 fully saturated rings. The van der Waals surface area contributed by atoms with E-state index in [0.29, 0.717) is 12.3 Å². The van der Waals surface area contributed by atoms with Gasteiger partial charge in [0.05, 0.1) is 37.0 Å². The molecule has 0 radical (unpaired) electrons. The minimum Gasteiger partial charge on any atom is -0.477 e. The quantitative estimate of drug-likeness (QED) is 0.539. The van der Waals surface area contributed by atoms with Crippen LogP contribution in [0.25, 0.3) is 22.3 Å². The molecule has 9 heteroatoms. The standard InChI is InChI=1S/C22H22N8O/c23-6-1-19(16-3-8-28(12-16)30-9-4-15-5-10-31-22(15)30)29-13-17(11-27-29)20-18-2-7-24-21(18)26-14-25-20/h2,4,7,9,11,13-14,16,19H,1,3,5,8,10,12H2,(H,24,25,26). The lowest BCUT2D eigenvalue weighted by Gasteiger charge is -2.25. The molecular weight excluding hydrogens is 392 g/mol. The SMILES string of the molecule is N#CCC(C1CCN(n2ccc3c2OCC3)C1)n1cc(-c2ncnc3[nH]ccc23)cn1. The second-order valence-electron chi connectivity index (χ2n) is 8.15. The van der Waals surface area contributed by atoms with Crippen LogP contribution in [-0.4, -0.2) is 49.1 Å². The van der Waals surface area contributed by atoms with Crippen molar-refractivity contribution in [1.29, 1.82) is 5.26 Å². The van der Waals surface area contributed by atoms with Crippen molar-refractivity contribution in [2.75, 3.05) is 24.7 Å². The van der Waals surface area contributed by atoms with Crippen LogP contribution in [-0.2, 0) is 6.42 Å². The van der Waals surface area contributed by atoms with E-state index in [1.54, 1.807) is 6.33 Å². The average molecular weight is 414 g/mol. The van der Waals surface area contributed by atoms with Crippen LogP contribution in [0.15, 0.2) is 43.2 Å². The fraction of sp³-hybridized carbons (Fsp3) is 0.364. The van der Waals surface area contributed by atoms with Gasteiger partial charge in [-0.25, -0.2) is 14.6 Å². The highest BCUT2D eigenvalue weighted by Gasteiger charge is 2.33. The molecule has 4 aromatic rings. The number of fused-ring (bicyclic) bond motifs is 2. The normalized spacial score (nSPS) is 18.8. The molecule has 0 saturated carbocycles. The first-order valence-corrected chi connectivity index (χ1v) is 10.6. The van der Waals surface area contributed by atoms with Crippen molar-refractivity contribution >= 4 is 11.0 Å². The molecule has 0 amide bonds. The molecule has 9 nitrogen and oxygen atoms in total. The number of H-pyrrole nitrogens is 1. The number of nitrogens with zero attached hydrogens (tertiary/aromatic N) is 7. The Morgan fingerprint density at radius 3 is 3.23 bits per heavy atom. The monoisotopic (exact) mass is 414 g/mol. The van der Waals surface area contributed by atoms with E-state index in [2.05, 4.69) is 48.1 Å². The zero-order chi connectivity index (χ0) is 20.8. The zero-order valence-electron chi connectivity index (χ0n) is 17.0. The van der Waals surface area contributed by atoms with Gasteiger partial charge in [-0.05, 0) is 18.6 Å². The van der Waals surface area contributed by atoms with Crippen molar-refractivity contribution in [1.82, 2.24) is 29.4 Å². The first-order valence-electron chi connectivity index (χ1n) is 10.6. The van der Waals surface area contributed by atoms with Gasteiger partial charge in [0, 0.05) is 60.5 Å². The van der Waals surface area contributed by atoms with Crippen molar-refractivity contribution in [3.8, 4) is 23.2 Å². The molecule has 0 aliphatic carbocycles. The van der Waals surface area contributed by atoms with Crippen LogP contribution in [0.3, 0.4) is 0 Å². The topological polar surface area (TPSA) is 101 Å². The van der Waals surface area contributed by atoms with E-state index in [1.165, 1.54) is 5.56 Å². The summed E-state index contributed by atoms with van der Waals surface area (Å²) >= 11 is 0. The van der Waals surface area contributed by atoms with Crippen molar-refractivity contribution < 1.29 is 4.74 Å². The predicted molar refractivity (Wildman–Crippen MR) is 114 cm³/mol. The van der Waals surface area contributed by atoms with E-state index in [-0.39, 0.29) is 6.04 Å². The third-order valence-electron chi connectivity index (χ3n) is 6.43. The molecule has 2 aliphatic heterocycles. The van der Waals surface area contributed by atoms with Crippen molar-refractivity contribution in [3.63, 3.8) is 0 Å². The van der Waals surface area contributed by atoms with Crippen LogP contribution in [0.2, 0.25) is 0 Å². The lowest BCUT2D eigenvalue weighted by Crippen LogP contribution is -2.33. The third-order valence-corrected chi connectivity index (χ3v) is 6.43. The van der Waals surface area contributed by atoms with Crippen LogP contribution in [0.1, 0.15) is 24.4 Å². The summed E-state index contributed by atoms with van der Waals surface area (Å²) < 4.78 is 9.92. The maximum atomic E-state index is 9.52. The maximum absolute atomic E-state index is 9.52. The lowest BCUT2D eigenvalue weighted by molar-refractivity contribution is 0.314. The summed E-state index contributed by atoms with van der Waals surface area (Å²) in [6.45, 7) is 2.55. The number of ether oxygens (including phenoxy) is 1. The van der Waals surface area contributed by atoms with E-state index in [1.807, 2.05) is 29.3 Å². The van der Waals surface area contributed by atoms with Crippen LogP contribution in [0.5, 0.6) is 5.88 Å². The highest BCUT2D eigenvalue weighted by molar-refractivity contribution is 5.89. The van der Waals surface area contributed by atoms with E-state index in [9.17, 15) is 5.26 Å². The van der Waals surface area contributed by atoms with Gasteiger partial charge < -0.3 is 14.7 Å². The summed E-state index contributed by atoms with van der Waals surface area (Å²) in [4.78, 5) is 11.9. The Kier molecular flexibility index (Phi) is 4.16. The number of hydrogen-bond acceptors (Lipinski definition) is 6. The number of aromatic amines is 1. The van der Waals surface area contributed by atoms with Crippen LogP contribution in [0.4, 0.5) is 0 Å². The van der Waals surface area contributed by atoms with Gasteiger partial charge in [-0.15, -0.1) is 0 Å². The molecule has 2 aliphatic rings. The minimum atomic E-state index is 0.0110. The summed E-state index contributed by atoms with van der Waals surface area (Å²) in [6.07, 6.45) is 11.8. The molecule has 0 spiro atoms. The van der Waals surface area contributed by atoms with Gasteiger partial charge in [0.1, 0.15) is 12.0 Å². The largest absolute Gasteiger partial charge is 0.477 e. The van der Waals surface area contributed by atoms with Gasteiger partial charge in [0.2, 0.25) is 5.88 Å². The van der Waals surface area contributed by atoms with E-state index in [0.717, 1.165) is 60.7 Å². The molecule has 0 bridgehead atoms. The number of hydrogen-bond donors (Lipinski definition) is 1. The first kappa shape index (κ1) is 18.0. The molecule has 1 saturated heterocycles. The number of nitrogens with one attached hydrogen (secondary N) is 1. The van der Waals surface area contributed by atoms with Gasteiger partial charge in [0.25, 0.3) is 0 Å². The van der Waals surface area contributed by atoms with Gasteiger partial charge in [-0.3, -0.25) is 4.68 Å². The molecule has 0 aromatic carbocycles. The maximum Gasteiger partial charge on any atom is 0.215 e. The van der Waals surface area contributed by atoms with Gasteiger partial charge >= 0.3 is 0 Å². The van der Waals surface area contributed by atoms with Crippen molar-refractivity contribution in [3.05, 3.63) is 48.8 Å². The second kappa shape index (κ2) is 7.16. The summed E-state index contributed by atoms with van der Waals surface area (Å²) in [5, 5.41) is 17.4. The van der Waals surface area contributed by atoms with Crippen LogP contribution >= 0.6 is 0 Å². The fourth-order valence-electron chi connectivity index (χ4n) is 4.87. The van der Waals surface area contributed by atoms with E-state index < -0.39 is 0 Å². The Bertz CT molecular complexity index is 1280. The molecule has 6 rings (SSSR count). The molecular formula is C22H22N8O. The average Bonchev–Trinajstić information content (AvgIpc) is 3.58. The molecule has 2 unspecified atom stereocenters. The summed E-state index contributed by atoms with van der Waals surface area (Å²) in [7, 11) is 0. The highest BCUT2D eigenvalue weighted by Crippen LogP contribution is 2.34. The predicted octanol–water partition coefficient (Wildman–Crippen LogP) is 2.67. The Hall–Kier alpha value is -3.80. The van der Waals surface area contributed by atoms with Crippen molar-refractivity contribution in [2.24, 2.45) is 5.92 Å². The molecule has 1 N–H and O–H groups in total. The summed E-state index contributed by atoms with van der Waals surface area (Å²) in [5.74, 6) is 1.29. The smallest absolute Gasteiger partial charge is 0.215 e. The second-order valence-corrected chi connectivity index (χ2v) is 8.15. The fourth-order valence-corrected chi connectivity index (χ4v) is 4.87. The van der Waals surface area contributed by atoms with E-state index >= 15 is 0 Å². The number of rotatable bonds is 5. The zero-order valence-corrected chi connectivity index (χ0v) is 17.0. The van der Waals surface area contributed by atoms with Crippen LogP contribution < -0.4 is 9.75 Å². The van der Waals surface area contributed by atoms with Crippen LogP contribution in [0, 0.1) is 17.2 Å². The van der Waals surface area contributed by atoms with Crippen molar-refractivity contribution in [2.45, 2.75) is 25.3 Å². The molecule has 31 heavy (non-hydrogen) atoms. The molecule has 2 atom stereocenters.